The van der Waals surface area contributed by atoms with Gasteiger partial charge in [-0.1, -0.05) is 23.7 Å². The topological polar surface area (TPSA) is 30.9 Å². The first-order valence-corrected chi connectivity index (χ1v) is 5.04. The molecule has 0 spiro atoms. The van der Waals surface area contributed by atoms with Crippen LogP contribution in [0.2, 0.25) is 5.15 Å². The molecule has 14 heavy (non-hydrogen) atoms. The van der Waals surface area contributed by atoms with Gasteiger partial charge in [-0.25, -0.2) is 0 Å². The summed E-state index contributed by atoms with van der Waals surface area (Å²) in [6.07, 6.45) is 0.915. The van der Waals surface area contributed by atoms with E-state index in [0.717, 1.165) is 11.6 Å². The molecule has 1 aromatic carbocycles. The molecule has 2 nitrogen and oxygen atoms in total. The number of nitrogens with zero attached hydrogens (tertiary/aromatic N) is 1. The maximum Gasteiger partial charge on any atom is 0.109 e. The van der Waals surface area contributed by atoms with Crippen LogP contribution in [0.1, 0.15) is 5.56 Å². The summed E-state index contributed by atoms with van der Waals surface area (Å²) in [4.78, 5) is 0. The number of hydrogen-bond acceptors (Lipinski definition) is 1. The van der Waals surface area contributed by atoms with Crippen molar-refractivity contribution in [3.8, 4) is 0 Å². The maximum absolute atomic E-state index is 6.02. The number of fused-ring (bicyclic) bond motifs is 1. The predicted octanol–water partition coefficient (Wildman–Crippen LogP) is 2.33. The first-order chi connectivity index (χ1) is 6.72. The summed E-state index contributed by atoms with van der Waals surface area (Å²) in [5.74, 6) is 0. The number of halogens is 1. The Morgan fingerprint density at radius 1 is 1.36 bits per heavy atom. The van der Waals surface area contributed by atoms with E-state index in [1.807, 2.05) is 17.7 Å². The zero-order valence-corrected chi connectivity index (χ0v) is 8.88. The Balaban J connectivity index is 2.58. The molecule has 3 heteroatoms. The standard InChI is InChI=1S/C11H13ClN2/c1-14-10-6-8(4-5-13)2-3-9(10)7-11(14)12/h2-3,6-7H,4-5,13H2,1H3. The smallest absolute Gasteiger partial charge is 0.109 e. The molecular formula is C11H13ClN2. The summed E-state index contributed by atoms with van der Waals surface area (Å²) in [6.45, 7) is 0.684. The van der Waals surface area contributed by atoms with Gasteiger partial charge < -0.3 is 10.3 Å². The molecule has 1 heterocycles. The van der Waals surface area contributed by atoms with Gasteiger partial charge in [0.15, 0.2) is 0 Å². The second kappa shape index (κ2) is 3.64. The fourth-order valence-electron chi connectivity index (χ4n) is 1.66. The monoisotopic (exact) mass is 208 g/mol. The third kappa shape index (κ3) is 1.51. The van der Waals surface area contributed by atoms with Gasteiger partial charge in [0, 0.05) is 18.0 Å². The molecule has 0 aliphatic heterocycles. The lowest BCUT2D eigenvalue weighted by atomic mass is 10.1. The Hall–Kier alpha value is -0.990. The third-order valence-corrected chi connectivity index (χ3v) is 2.85. The number of rotatable bonds is 2. The van der Waals surface area contributed by atoms with Crippen molar-refractivity contribution in [3.63, 3.8) is 0 Å². The van der Waals surface area contributed by atoms with E-state index in [4.69, 9.17) is 17.3 Å². The quantitative estimate of drug-likeness (QED) is 0.807. The van der Waals surface area contributed by atoms with Gasteiger partial charge in [-0.15, -0.1) is 0 Å². The molecule has 0 aliphatic carbocycles. The average molecular weight is 209 g/mol. The Bertz CT molecular complexity index is 460. The van der Waals surface area contributed by atoms with E-state index in [9.17, 15) is 0 Å². The third-order valence-electron chi connectivity index (χ3n) is 2.48. The van der Waals surface area contributed by atoms with Gasteiger partial charge in [0.05, 0.1) is 0 Å². The van der Waals surface area contributed by atoms with Gasteiger partial charge in [0.2, 0.25) is 0 Å². The minimum absolute atomic E-state index is 0.684. The lowest BCUT2D eigenvalue weighted by Crippen LogP contribution is -2.02. The van der Waals surface area contributed by atoms with Crippen molar-refractivity contribution < 1.29 is 0 Å². The highest BCUT2D eigenvalue weighted by Crippen LogP contribution is 2.23. The Kier molecular flexibility index (Phi) is 2.48. The predicted molar refractivity (Wildman–Crippen MR) is 60.7 cm³/mol. The molecule has 2 rings (SSSR count). The Morgan fingerprint density at radius 3 is 2.86 bits per heavy atom. The summed E-state index contributed by atoms with van der Waals surface area (Å²) >= 11 is 6.02. The van der Waals surface area contributed by atoms with Gasteiger partial charge in [-0.3, -0.25) is 0 Å². The van der Waals surface area contributed by atoms with E-state index in [1.165, 1.54) is 16.5 Å². The number of benzene rings is 1. The van der Waals surface area contributed by atoms with E-state index >= 15 is 0 Å². The van der Waals surface area contributed by atoms with Crippen LogP contribution < -0.4 is 5.73 Å². The lowest BCUT2D eigenvalue weighted by Gasteiger charge is -2.01. The molecule has 0 amide bonds. The lowest BCUT2D eigenvalue weighted by molar-refractivity contribution is 0.952. The fraction of sp³-hybridized carbons (Fsp3) is 0.273. The highest BCUT2D eigenvalue weighted by atomic mass is 35.5. The van der Waals surface area contributed by atoms with Crippen molar-refractivity contribution in [1.82, 2.24) is 4.57 Å². The molecule has 0 saturated carbocycles. The van der Waals surface area contributed by atoms with Crippen molar-refractivity contribution in [2.45, 2.75) is 6.42 Å². The molecule has 74 valence electrons. The highest BCUT2D eigenvalue weighted by molar-refractivity contribution is 6.30. The molecule has 0 fully saturated rings. The van der Waals surface area contributed by atoms with Crippen LogP contribution in [0.25, 0.3) is 10.9 Å². The van der Waals surface area contributed by atoms with Crippen LogP contribution in [-0.2, 0) is 13.5 Å². The Morgan fingerprint density at radius 2 is 2.14 bits per heavy atom. The minimum atomic E-state index is 0.684. The van der Waals surface area contributed by atoms with Crippen LogP contribution >= 0.6 is 11.6 Å². The summed E-state index contributed by atoms with van der Waals surface area (Å²) < 4.78 is 1.98. The van der Waals surface area contributed by atoms with E-state index in [0.29, 0.717) is 6.54 Å². The van der Waals surface area contributed by atoms with Gasteiger partial charge in [0.25, 0.3) is 0 Å². The molecule has 0 atom stereocenters. The number of aryl methyl sites for hydroxylation is 1. The van der Waals surface area contributed by atoms with Crippen LogP contribution in [0.5, 0.6) is 0 Å². The Labute approximate surface area is 88.3 Å². The van der Waals surface area contributed by atoms with Gasteiger partial charge in [-0.2, -0.15) is 0 Å². The maximum atomic E-state index is 6.02. The molecule has 1 aromatic heterocycles. The van der Waals surface area contributed by atoms with E-state index < -0.39 is 0 Å². The average Bonchev–Trinajstić information content (AvgIpc) is 2.45. The van der Waals surface area contributed by atoms with Crippen molar-refractivity contribution in [2.24, 2.45) is 12.8 Å². The van der Waals surface area contributed by atoms with Crippen molar-refractivity contribution in [1.29, 1.82) is 0 Å². The molecule has 0 aliphatic rings. The van der Waals surface area contributed by atoms with E-state index in [1.54, 1.807) is 0 Å². The zero-order chi connectivity index (χ0) is 10.1. The summed E-state index contributed by atoms with van der Waals surface area (Å²) in [7, 11) is 1.97. The van der Waals surface area contributed by atoms with Gasteiger partial charge >= 0.3 is 0 Å². The van der Waals surface area contributed by atoms with Crippen molar-refractivity contribution in [2.75, 3.05) is 6.54 Å². The summed E-state index contributed by atoms with van der Waals surface area (Å²) in [5, 5.41) is 1.95. The second-order valence-corrected chi connectivity index (χ2v) is 3.85. The summed E-state index contributed by atoms with van der Waals surface area (Å²) in [6, 6.07) is 8.31. The fourth-order valence-corrected chi connectivity index (χ4v) is 1.87. The second-order valence-electron chi connectivity index (χ2n) is 3.46. The van der Waals surface area contributed by atoms with Crippen molar-refractivity contribution in [3.05, 3.63) is 35.0 Å². The highest BCUT2D eigenvalue weighted by Gasteiger charge is 2.03. The molecule has 0 saturated heterocycles. The van der Waals surface area contributed by atoms with E-state index in [2.05, 4.69) is 18.2 Å². The normalized spacial score (nSPS) is 11.1. The molecular weight excluding hydrogens is 196 g/mol. The number of hydrogen-bond donors (Lipinski definition) is 1. The van der Waals surface area contributed by atoms with Crippen LogP contribution in [0.4, 0.5) is 0 Å². The SMILES string of the molecule is Cn1c(Cl)cc2ccc(CCN)cc21. The molecule has 2 N–H and O–H groups in total. The molecule has 0 bridgehead atoms. The largest absolute Gasteiger partial charge is 0.335 e. The zero-order valence-electron chi connectivity index (χ0n) is 8.13. The van der Waals surface area contributed by atoms with E-state index in [-0.39, 0.29) is 0 Å². The molecule has 2 aromatic rings. The molecule has 0 radical (unpaired) electrons. The van der Waals surface area contributed by atoms with Gasteiger partial charge in [-0.05, 0) is 30.7 Å². The first-order valence-electron chi connectivity index (χ1n) is 4.66. The first kappa shape index (κ1) is 9.56. The van der Waals surface area contributed by atoms with Crippen LogP contribution in [0.3, 0.4) is 0 Å². The van der Waals surface area contributed by atoms with Gasteiger partial charge in [0.1, 0.15) is 5.15 Å². The minimum Gasteiger partial charge on any atom is -0.335 e. The van der Waals surface area contributed by atoms with Crippen LogP contribution in [0.15, 0.2) is 24.3 Å². The number of aromatic nitrogens is 1. The summed E-state index contributed by atoms with van der Waals surface area (Å²) in [5.41, 5.74) is 7.94. The van der Waals surface area contributed by atoms with Crippen molar-refractivity contribution >= 4 is 22.5 Å². The van der Waals surface area contributed by atoms with Crippen LogP contribution in [-0.4, -0.2) is 11.1 Å². The van der Waals surface area contributed by atoms with Crippen LogP contribution in [0, 0.1) is 0 Å². The molecule has 0 unspecified atom stereocenters. The number of nitrogens with two attached hydrogens (primary N) is 1.